The van der Waals surface area contributed by atoms with Gasteiger partial charge in [-0.1, -0.05) is 176 Å². The summed E-state index contributed by atoms with van der Waals surface area (Å²) >= 11 is 1.79. The van der Waals surface area contributed by atoms with E-state index in [2.05, 4.69) is 163 Å². The molecule has 0 saturated carbocycles. The number of hydrogen-bond acceptors (Lipinski definition) is 6. The van der Waals surface area contributed by atoms with Crippen molar-refractivity contribution in [3.05, 3.63) is 273 Å². The second kappa shape index (κ2) is 13.7. The number of aromatic nitrogens is 2. The van der Waals surface area contributed by atoms with E-state index in [-0.39, 0.29) is 0 Å². The largest absolute Gasteiger partial charge is 0.343 e. The maximum absolute atomic E-state index is 5.47. The van der Waals surface area contributed by atoms with Crippen LogP contribution in [-0.2, 0) is 10.8 Å². The SMILES string of the molecule is C=C1/C=C\C=C/Sc2c1ccc1c2C2(c3ccccc3C3(c4ccccc4-c4ccccc43)c3ccccc32)c2c-1cccc2C1N=C(c2ccccn2)N=C(c2ccccn2)N1. The molecule has 6 heteroatoms. The molecule has 0 bridgehead atoms. The predicted molar refractivity (Wildman–Crippen MR) is 255 cm³/mol. The van der Waals surface area contributed by atoms with E-state index in [4.69, 9.17) is 20.0 Å². The van der Waals surface area contributed by atoms with Crippen LogP contribution < -0.4 is 5.32 Å². The van der Waals surface area contributed by atoms with Crippen LogP contribution in [0.1, 0.15) is 73.2 Å². The van der Waals surface area contributed by atoms with Crippen molar-refractivity contribution in [2.24, 2.45) is 9.98 Å². The van der Waals surface area contributed by atoms with Crippen molar-refractivity contribution in [1.82, 2.24) is 15.3 Å². The Bertz CT molecular complexity index is 3280. The molecule has 13 rings (SSSR count). The van der Waals surface area contributed by atoms with Gasteiger partial charge in [0.15, 0.2) is 11.7 Å². The summed E-state index contributed by atoms with van der Waals surface area (Å²) in [5.41, 5.74) is 18.4. The summed E-state index contributed by atoms with van der Waals surface area (Å²) in [6.45, 7) is 4.64. The Morgan fingerprint density at radius 2 is 1.05 bits per heavy atom. The Hall–Kier alpha value is -7.67. The van der Waals surface area contributed by atoms with E-state index in [1.165, 1.54) is 71.7 Å². The molecule has 2 aromatic heterocycles. The minimum atomic E-state index is -0.788. The highest BCUT2D eigenvalue weighted by Crippen LogP contribution is 2.69. The van der Waals surface area contributed by atoms with Gasteiger partial charge in [0.2, 0.25) is 0 Å². The zero-order valence-corrected chi connectivity index (χ0v) is 34.9. The van der Waals surface area contributed by atoms with Gasteiger partial charge in [-0.3, -0.25) is 9.97 Å². The number of allylic oxidation sites excluding steroid dienone is 4. The molecular weight excluding hydrogens is 787 g/mol. The summed E-state index contributed by atoms with van der Waals surface area (Å²) in [6, 6.07) is 59.8. The van der Waals surface area contributed by atoms with Crippen molar-refractivity contribution < 1.29 is 0 Å². The van der Waals surface area contributed by atoms with Crippen LogP contribution in [0.4, 0.5) is 0 Å². The van der Waals surface area contributed by atoms with Crippen LogP contribution in [0.15, 0.2) is 221 Å². The highest BCUT2D eigenvalue weighted by molar-refractivity contribution is 8.02. The molecule has 296 valence electrons. The summed E-state index contributed by atoms with van der Waals surface area (Å²) < 4.78 is 0. The lowest BCUT2D eigenvalue weighted by Crippen LogP contribution is -2.45. The van der Waals surface area contributed by atoms with Gasteiger partial charge < -0.3 is 5.32 Å². The molecule has 5 aliphatic rings. The first-order valence-corrected chi connectivity index (χ1v) is 22.2. The van der Waals surface area contributed by atoms with Crippen molar-refractivity contribution in [3.8, 4) is 22.3 Å². The molecule has 4 heterocycles. The summed E-state index contributed by atoms with van der Waals surface area (Å²) in [6.07, 6.45) is 9.41. The lowest BCUT2D eigenvalue weighted by Gasteiger charge is -2.49. The van der Waals surface area contributed by atoms with Crippen molar-refractivity contribution in [1.29, 1.82) is 0 Å². The van der Waals surface area contributed by atoms with Crippen molar-refractivity contribution in [2.75, 3.05) is 0 Å². The molecule has 2 spiro atoms. The standard InChI is InChI=1S/C57H37N5S/c1-35-17-12-15-34-63-52-36(35)30-31-40-39-20-16-21-41(53-60-54(48-28-10-13-32-58-48)62-55(61-53)49-29-11-14-33-59-49)50(39)57(51(40)52)46-26-8-6-24-44(46)56(45-25-7-9-27-47(45)57)42-22-4-2-18-37(42)38-19-3-5-23-43(38)56/h2-34,53H,1H2,(H,60,61,62)/b17-12-,34-15-. The van der Waals surface area contributed by atoms with Crippen LogP contribution >= 0.6 is 11.8 Å². The molecule has 63 heavy (non-hydrogen) atoms. The van der Waals surface area contributed by atoms with Crippen molar-refractivity contribution in [3.63, 3.8) is 0 Å². The van der Waals surface area contributed by atoms with E-state index >= 15 is 0 Å². The summed E-state index contributed by atoms with van der Waals surface area (Å²) in [5.74, 6) is 1.20. The summed E-state index contributed by atoms with van der Waals surface area (Å²) in [7, 11) is 0. The number of fused-ring (bicyclic) bond motifs is 18. The molecule has 0 radical (unpaired) electrons. The molecule has 2 aliphatic heterocycles. The molecule has 1 atom stereocenters. The third-order valence-electron chi connectivity index (χ3n) is 13.6. The average molecular weight is 824 g/mol. The second-order valence-corrected chi connectivity index (χ2v) is 17.5. The van der Waals surface area contributed by atoms with Crippen LogP contribution in [0.2, 0.25) is 0 Å². The van der Waals surface area contributed by atoms with Gasteiger partial charge in [-0.15, -0.1) is 0 Å². The lowest BCUT2D eigenvalue weighted by atomic mass is 9.52. The van der Waals surface area contributed by atoms with E-state index in [0.29, 0.717) is 17.4 Å². The lowest BCUT2D eigenvalue weighted by molar-refractivity contribution is 0.603. The molecule has 6 aromatic carbocycles. The summed E-state index contributed by atoms with van der Waals surface area (Å²) in [5, 5.41) is 6.02. The first-order chi connectivity index (χ1) is 31.2. The van der Waals surface area contributed by atoms with E-state index in [0.717, 1.165) is 22.4 Å². The van der Waals surface area contributed by atoms with Crippen LogP contribution in [-0.4, -0.2) is 21.6 Å². The number of nitrogens with one attached hydrogen (secondary N) is 1. The highest BCUT2D eigenvalue weighted by Gasteiger charge is 2.60. The minimum absolute atomic E-state index is 0.534. The average Bonchev–Trinajstić information content (AvgIpc) is 3.81. The number of benzene rings is 6. The first-order valence-electron chi connectivity index (χ1n) is 21.3. The number of pyridine rings is 2. The number of amidine groups is 2. The Kier molecular flexibility index (Phi) is 7.82. The number of nitrogens with zero attached hydrogens (tertiary/aromatic N) is 4. The normalized spacial score (nSPS) is 18.5. The van der Waals surface area contributed by atoms with Crippen molar-refractivity contribution >= 4 is 29.0 Å². The van der Waals surface area contributed by atoms with E-state index in [1.807, 2.05) is 36.4 Å². The van der Waals surface area contributed by atoms with Gasteiger partial charge in [-0.05, 0) is 108 Å². The topological polar surface area (TPSA) is 62.5 Å². The maximum atomic E-state index is 5.47. The molecule has 0 amide bonds. The second-order valence-electron chi connectivity index (χ2n) is 16.5. The zero-order valence-electron chi connectivity index (χ0n) is 34.0. The molecule has 1 N–H and O–H groups in total. The highest BCUT2D eigenvalue weighted by atomic mass is 32.2. The number of aliphatic imine (C=N–C) groups is 2. The van der Waals surface area contributed by atoms with Crippen LogP contribution in [0.3, 0.4) is 0 Å². The zero-order chi connectivity index (χ0) is 41.7. The van der Waals surface area contributed by atoms with Gasteiger partial charge in [0.1, 0.15) is 17.6 Å². The van der Waals surface area contributed by atoms with Crippen LogP contribution in [0.5, 0.6) is 0 Å². The number of hydrogen-bond donors (Lipinski definition) is 1. The molecule has 1 unspecified atom stereocenters. The van der Waals surface area contributed by atoms with Crippen LogP contribution in [0.25, 0.3) is 27.8 Å². The third-order valence-corrected chi connectivity index (χ3v) is 14.5. The van der Waals surface area contributed by atoms with E-state index < -0.39 is 17.0 Å². The Balaban J connectivity index is 1.18. The van der Waals surface area contributed by atoms with Gasteiger partial charge in [0, 0.05) is 22.9 Å². The molecule has 5 nitrogen and oxygen atoms in total. The predicted octanol–water partition coefficient (Wildman–Crippen LogP) is 12.2. The third kappa shape index (κ3) is 4.84. The van der Waals surface area contributed by atoms with Gasteiger partial charge in [0.25, 0.3) is 0 Å². The Morgan fingerprint density at radius 3 is 1.70 bits per heavy atom. The quantitative estimate of drug-likeness (QED) is 0.193. The Morgan fingerprint density at radius 1 is 0.492 bits per heavy atom. The summed E-state index contributed by atoms with van der Waals surface area (Å²) in [4.78, 5) is 21.3. The molecular formula is C57H37N5S. The smallest absolute Gasteiger partial charge is 0.178 e. The van der Waals surface area contributed by atoms with E-state index in [1.54, 1.807) is 24.2 Å². The fourth-order valence-corrected chi connectivity index (χ4v) is 12.3. The van der Waals surface area contributed by atoms with Gasteiger partial charge in [-0.25, -0.2) is 9.98 Å². The maximum Gasteiger partial charge on any atom is 0.178 e. The minimum Gasteiger partial charge on any atom is -0.343 e. The number of thioether (sulfide) groups is 1. The first kappa shape index (κ1) is 36.0. The van der Waals surface area contributed by atoms with Crippen LogP contribution in [0, 0.1) is 0 Å². The molecule has 3 aliphatic carbocycles. The fraction of sp³-hybridized carbons (Fsp3) is 0.0526. The monoisotopic (exact) mass is 823 g/mol. The number of rotatable bonds is 3. The molecule has 0 fully saturated rings. The van der Waals surface area contributed by atoms with Gasteiger partial charge in [-0.2, -0.15) is 0 Å². The molecule has 0 saturated heterocycles. The van der Waals surface area contributed by atoms with Gasteiger partial charge in [0.05, 0.1) is 10.8 Å². The van der Waals surface area contributed by atoms with Crippen molar-refractivity contribution in [2.45, 2.75) is 21.9 Å². The molecule has 8 aromatic rings. The Labute approximate surface area is 370 Å². The van der Waals surface area contributed by atoms with Gasteiger partial charge >= 0.3 is 0 Å². The van der Waals surface area contributed by atoms with E-state index in [9.17, 15) is 0 Å². The fourth-order valence-electron chi connectivity index (χ4n) is 11.3.